The Balaban J connectivity index is 1.36. The number of hydrogen-bond acceptors (Lipinski definition) is 4. The van der Waals surface area contributed by atoms with Gasteiger partial charge in [-0.25, -0.2) is 0 Å². The van der Waals surface area contributed by atoms with E-state index in [1.54, 1.807) is 0 Å². The van der Waals surface area contributed by atoms with Crippen LogP contribution in [0.4, 0.5) is 0 Å². The summed E-state index contributed by atoms with van der Waals surface area (Å²) in [4.78, 5) is 28.3. The molecule has 0 unspecified atom stereocenters. The van der Waals surface area contributed by atoms with Crippen LogP contribution in [0, 0.1) is 0 Å². The van der Waals surface area contributed by atoms with Crippen LogP contribution in [0.25, 0.3) is 10.9 Å². The molecule has 3 aromatic rings. The van der Waals surface area contributed by atoms with Gasteiger partial charge in [-0.1, -0.05) is 48.5 Å². The van der Waals surface area contributed by atoms with Crippen LogP contribution in [0.3, 0.4) is 0 Å². The molecule has 33 heavy (non-hydrogen) atoms. The zero-order chi connectivity index (χ0) is 23.2. The largest absolute Gasteiger partial charge is 0.372 e. The molecule has 7 heteroatoms. The van der Waals surface area contributed by atoms with E-state index in [9.17, 15) is 9.59 Å². The third-order valence-electron chi connectivity index (χ3n) is 5.77. The first-order valence-electron chi connectivity index (χ1n) is 11.4. The van der Waals surface area contributed by atoms with E-state index in [4.69, 9.17) is 4.74 Å². The molecule has 1 N–H and O–H groups in total. The van der Waals surface area contributed by atoms with E-state index in [1.807, 2.05) is 72.0 Å². The molecule has 0 spiro atoms. The Morgan fingerprint density at radius 1 is 1.03 bits per heavy atom. The first-order chi connectivity index (χ1) is 16.0. The molecule has 6 nitrogen and oxygen atoms in total. The van der Waals surface area contributed by atoms with Gasteiger partial charge in [-0.05, 0) is 31.9 Å². The maximum absolute atomic E-state index is 13.0. The summed E-state index contributed by atoms with van der Waals surface area (Å²) >= 11 is 1.51. The number of aromatic nitrogens is 1. The van der Waals surface area contributed by atoms with Crippen molar-refractivity contribution in [3.05, 3.63) is 66.4 Å². The maximum Gasteiger partial charge on any atom is 0.242 e. The average molecular weight is 466 g/mol. The summed E-state index contributed by atoms with van der Waals surface area (Å²) in [5.74, 6) is 0.447. The molecule has 0 saturated carbocycles. The van der Waals surface area contributed by atoms with Crippen LogP contribution >= 0.6 is 11.8 Å². The quantitative estimate of drug-likeness (QED) is 0.515. The van der Waals surface area contributed by atoms with Crippen molar-refractivity contribution in [3.8, 4) is 0 Å². The fourth-order valence-electron chi connectivity index (χ4n) is 4.27. The molecule has 4 rings (SSSR count). The molecule has 1 fully saturated rings. The number of carbonyl (C=O) groups excluding carboxylic acids is 2. The molecular weight excluding hydrogens is 434 g/mol. The highest BCUT2D eigenvalue weighted by atomic mass is 32.2. The third kappa shape index (κ3) is 6.18. The molecule has 1 saturated heterocycles. The number of carbonyl (C=O) groups is 2. The van der Waals surface area contributed by atoms with Gasteiger partial charge >= 0.3 is 0 Å². The van der Waals surface area contributed by atoms with Crippen LogP contribution in [-0.4, -0.2) is 58.9 Å². The van der Waals surface area contributed by atoms with Crippen molar-refractivity contribution in [1.29, 1.82) is 0 Å². The molecule has 0 aliphatic carbocycles. The lowest BCUT2D eigenvalue weighted by molar-refractivity contribution is -0.143. The number of amides is 2. The number of fused-ring (bicyclic) bond motifs is 1. The van der Waals surface area contributed by atoms with Gasteiger partial charge in [0.05, 0.1) is 18.0 Å². The zero-order valence-corrected chi connectivity index (χ0v) is 20.0. The topological polar surface area (TPSA) is 63.6 Å². The normalized spacial score (nSPS) is 18.4. The van der Waals surface area contributed by atoms with Crippen molar-refractivity contribution in [2.45, 2.75) is 43.9 Å². The second kappa shape index (κ2) is 10.9. The van der Waals surface area contributed by atoms with E-state index < -0.39 is 0 Å². The highest BCUT2D eigenvalue weighted by Crippen LogP contribution is 2.30. The fraction of sp³-hybridized carbons (Fsp3) is 0.385. The lowest BCUT2D eigenvalue weighted by atomic mass is 10.1. The molecule has 2 atom stereocenters. The van der Waals surface area contributed by atoms with Crippen LogP contribution in [0.15, 0.2) is 65.7 Å². The van der Waals surface area contributed by atoms with Crippen LogP contribution in [0.2, 0.25) is 0 Å². The summed E-state index contributed by atoms with van der Waals surface area (Å²) in [6, 6.07) is 18.2. The van der Waals surface area contributed by atoms with E-state index in [2.05, 4.69) is 17.4 Å². The van der Waals surface area contributed by atoms with Gasteiger partial charge < -0.3 is 19.5 Å². The van der Waals surface area contributed by atoms with Crippen LogP contribution in [0.5, 0.6) is 0 Å². The first kappa shape index (κ1) is 23.4. The second-order valence-electron chi connectivity index (χ2n) is 8.57. The van der Waals surface area contributed by atoms with Gasteiger partial charge in [-0.3, -0.25) is 9.59 Å². The SMILES string of the molecule is C[C@H]1CN(C(=O)Cn2cc(SCC(=O)NCCc3ccccc3)c3ccccc32)C[C@H](C)O1. The molecule has 2 heterocycles. The van der Waals surface area contributed by atoms with Crippen molar-refractivity contribution in [1.82, 2.24) is 14.8 Å². The predicted molar refractivity (Wildman–Crippen MR) is 132 cm³/mol. The molecule has 2 amide bonds. The number of morpholine rings is 1. The summed E-state index contributed by atoms with van der Waals surface area (Å²) in [7, 11) is 0. The van der Waals surface area contributed by atoms with Crippen LogP contribution in [0.1, 0.15) is 19.4 Å². The third-order valence-corrected chi connectivity index (χ3v) is 6.81. The standard InChI is InChI=1S/C26H31N3O3S/c1-19-14-29(15-20(2)32-19)26(31)17-28-16-24(22-10-6-7-11-23(22)28)33-18-25(30)27-13-12-21-8-4-3-5-9-21/h3-11,16,19-20H,12-15,17-18H2,1-2H3,(H,27,30)/t19-,20-/m0/s1. The summed E-state index contributed by atoms with van der Waals surface area (Å²) in [6.45, 7) is 6.14. The number of nitrogens with zero attached hydrogens (tertiary/aromatic N) is 2. The summed E-state index contributed by atoms with van der Waals surface area (Å²) < 4.78 is 7.75. The van der Waals surface area contributed by atoms with E-state index in [1.165, 1.54) is 17.3 Å². The van der Waals surface area contributed by atoms with Crippen molar-refractivity contribution >= 4 is 34.5 Å². The van der Waals surface area contributed by atoms with Gasteiger partial charge in [-0.15, -0.1) is 11.8 Å². The number of hydrogen-bond donors (Lipinski definition) is 1. The Labute approximate surface area is 199 Å². The number of rotatable bonds is 8. The highest BCUT2D eigenvalue weighted by Gasteiger charge is 2.26. The zero-order valence-electron chi connectivity index (χ0n) is 19.2. The number of para-hydroxylation sites is 1. The van der Waals surface area contributed by atoms with E-state index in [0.717, 1.165) is 22.2 Å². The molecular formula is C26H31N3O3S. The Kier molecular flexibility index (Phi) is 7.73. The first-order valence-corrected chi connectivity index (χ1v) is 12.4. The predicted octanol–water partition coefficient (Wildman–Crippen LogP) is 3.73. The van der Waals surface area contributed by atoms with E-state index in [-0.39, 0.29) is 30.6 Å². The minimum absolute atomic E-state index is 0.0140. The molecule has 1 aromatic heterocycles. The molecule has 0 radical (unpaired) electrons. The Hall–Kier alpha value is -2.77. The van der Waals surface area contributed by atoms with Crippen molar-refractivity contribution in [3.63, 3.8) is 0 Å². The smallest absolute Gasteiger partial charge is 0.242 e. The fourth-order valence-corrected chi connectivity index (χ4v) is 5.19. The second-order valence-corrected chi connectivity index (χ2v) is 9.59. The number of ether oxygens (including phenoxy) is 1. The number of thioether (sulfide) groups is 1. The maximum atomic E-state index is 13.0. The van der Waals surface area contributed by atoms with Crippen molar-refractivity contribution in [2.75, 3.05) is 25.4 Å². The molecule has 2 aromatic carbocycles. The molecule has 174 valence electrons. The lowest BCUT2D eigenvalue weighted by Gasteiger charge is -2.35. The van der Waals surface area contributed by atoms with Gasteiger partial charge in [-0.2, -0.15) is 0 Å². The van der Waals surface area contributed by atoms with Gasteiger partial charge in [0, 0.05) is 41.6 Å². The van der Waals surface area contributed by atoms with E-state index in [0.29, 0.717) is 25.4 Å². The average Bonchev–Trinajstić information content (AvgIpc) is 3.15. The van der Waals surface area contributed by atoms with Crippen molar-refractivity contribution < 1.29 is 14.3 Å². The molecule has 1 aliphatic rings. The Morgan fingerprint density at radius 3 is 2.48 bits per heavy atom. The molecule has 0 bridgehead atoms. The number of benzene rings is 2. The highest BCUT2D eigenvalue weighted by molar-refractivity contribution is 8.00. The van der Waals surface area contributed by atoms with Gasteiger partial charge in [0.1, 0.15) is 6.54 Å². The summed E-state index contributed by atoms with van der Waals surface area (Å²) in [5.41, 5.74) is 2.22. The minimum Gasteiger partial charge on any atom is -0.372 e. The lowest BCUT2D eigenvalue weighted by Crippen LogP contribution is -2.49. The summed E-state index contributed by atoms with van der Waals surface area (Å²) in [6.07, 6.45) is 2.91. The monoisotopic (exact) mass is 465 g/mol. The van der Waals surface area contributed by atoms with E-state index >= 15 is 0 Å². The van der Waals surface area contributed by atoms with Gasteiger partial charge in [0.15, 0.2) is 0 Å². The van der Waals surface area contributed by atoms with Gasteiger partial charge in [0.25, 0.3) is 0 Å². The Bertz CT molecular complexity index is 1090. The van der Waals surface area contributed by atoms with Crippen molar-refractivity contribution in [2.24, 2.45) is 0 Å². The van der Waals surface area contributed by atoms with Gasteiger partial charge in [0.2, 0.25) is 11.8 Å². The molecule has 1 aliphatic heterocycles. The van der Waals surface area contributed by atoms with Crippen LogP contribution < -0.4 is 5.32 Å². The Morgan fingerprint density at radius 2 is 1.73 bits per heavy atom. The minimum atomic E-state index is 0.0140. The van der Waals surface area contributed by atoms with Crippen LogP contribution in [-0.2, 0) is 27.3 Å². The summed E-state index contributed by atoms with van der Waals surface area (Å²) in [5, 5.41) is 4.07. The number of nitrogens with one attached hydrogen (secondary N) is 1.